The number of rotatable bonds is 8. The van der Waals surface area contributed by atoms with Crippen molar-refractivity contribution in [2.24, 2.45) is 0 Å². The van der Waals surface area contributed by atoms with Crippen molar-refractivity contribution in [2.45, 2.75) is 37.6 Å². The Morgan fingerprint density at radius 2 is 1.45 bits per heavy atom. The van der Waals surface area contributed by atoms with Crippen LogP contribution in [0.1, 0.15) is 42.3 Å². The lowest BCUT2D eigenvalue weighted by Crippen LogP contribution is -2.41. The van der Waals surface area contributed by atoms with E-state index in [-0.39, 0.29) is 23.2 Å². The minimum absolute atomic E-state index is 0.193. The van der Waals surface area contributed by atoms with Crippen molar-refractivity contribution < 1.29 is 45.7 Å². The topological polar surface area (TPSA) is 105 Å². The van der Waals surface area contributed by atoms with Gasteiger partial charge in [0.15, 0.2) is 0 Å². The Bertz CT molecular complexity index is 1400. The summed E-state index contributed by atoms with van der Waals surface area (Å²) in [7, 11) is 0. The summed E-state index contributed by atoms with van der Waals surface area (Å²) in [5, 5.41) is 8.78. The summed E-state index contributed by atoms with van der Waals surface area (Å²) in [5.74, 6) is -14.8. The molecule has 3 aromatic rings. The van der Waals surface area contributed by atoms with Crippen LogP contribution in [0.15, 0.2) is 47.4 Å². The zero-order chi connectivity index (χ0) is 29.9. The Morgan fingerprint density at radius 1 is 0.900 bits per heavy atom. The van der Waals surface area contributed by atoms with Gasteiger partial charge in [0.1, 0.15) is 12.4 Å². The molecule has 0 spiro atoms. The van der Waals surface area contributed by atoms with E-state index in [4.69, 9.17) is 5.21 Å². The van der Waals surface area contributed by atoms with Gasteiger partial charge in [-0.25, -0.2) is 23.0 Å². The van der Waals surface area contributed by atoms with E-state index in [9.17, 15) is 36.1 Å². The van der Waals surface area contributed by atoms with Crippen molar-refractivity contribution in [2.75, 3.05) is 11.4 Å². The number of hydrogen-bond acceptors (Lipinski definition) is 5. The number of hydroxylamine groups is 1. The van der Waals surface area contributed by atoms with Crippen LogP contribution in [0.2, 0.25) is 0 Å². The van der Waals surface area contributed by atoms with Crippen LogP contribution in [0.5, 0.6) is 0 Å². The average molecular weight is 588 g/mol. The minimum Gasteiger partial charge on any atom is -0.593 e. The fourth-order valence-corrected chi connectivity index (χ4v) is 4.48. The first-order valence-electron chi connectivity index (χ1n) is 11.5. The normalized spacial score (nSPS) is 12.3. The number of carbonyl (C=O) groups is 2. The summed E-state index contributed by atoms with van der Waals surface area (Å²) in [6, 6.07) is 9.83. The molecule has 0 aliphatic heterocycles. The maximum Gasteiger partial charge on any atom is 0.274 e. The Labute approximate surface area is 228 Å². The number of hydrogen-bond donors (Lipinski definition) is 3. The Balaban J connectivity index is 1.92. The quantitative estimate of drug-likeness (QED) is 0.0879. The summed E-state index contributed by atoms with van der Waals surface area (Å²) in [5.41, 5.74) is 1.98. The molecule has 40 heavy (non-hydrogen) atoms. The average Bonchev–Trinajstić information content (AvgIpc) is 2.92. The molecule has 0 heterocycles. The van der Waals surface area contributed by atoms with Crippen molar-refractivity contribution in [3.05, 3.63) is 94.1 Å². The zero-order valence-corrected chi connectivity index (χ0v) is 22.1. The van der Waals surface area contributed by atoms with E-state index in [1.165, 1.54) is 5.48 Å². The first-order chi connectivity index (χ1) is 18.7. The van der Waals surface area contributed by atoms with Crippen LogP contribution in [0.3, 0.4) is 0 Å². The van der Waals surface area contributed by atoms with Crippen LogP contribution < -0.4 is 15.1 Å². The van der Waals surface area contributed by atoms with Crippen molar-refractivity contribution in [3.63, 3.8) is 0 Å². The largest absolute Gasteiger partial charge is 0.593 e. The van der Waals surface area contributed by atoms with E-state index < -0.39 is 69.5 Å². The summed E-state index contributed by atoms with van der Waals surface area (Å²) < 4.78 is 97.8. The molecule has 2 amide bonds. The molecular formula is C26H23F6N3O4S. The van der Waals surface area contributed by atoms with Crippen molar-refractivity contribution in [1.82, 2.24) is 10.2 Å². The van der Waals surface area contributed by atoms with E-state index in [2.05, 4.69) is 0 Å². The van der Waals surface area contributed by atoms with Gasteiger partial charge in [0.25, 0.3) is 10.8 Å². The highest BCUT2D eigenvalue weighted by Gasteiger charge is 2.34. The number of nitrogens with zero attached hydrogens (tertiary/aromatic N) is 1. The first kappa shape index (κ1) is 30.9. The highest BCUT2D eigenvalue weighted by Crippen LogP contribution is 2.28. The van der Waals surface area contributed by atoms with Gasteiger partial charge in [-0.15, -0.1) is 4.72 Å². The molecule has 3 aromatic carbocycles. The predicted molar refractivity (Wildman–Crippen MR) is 133 cm³/mol. The van der Waals surface area contributed by atoms with Gasteiger partial charge < -0.3 is 9.45 Å². The monoisotopic (exact) mass is 587 g/mol. The molecule has 1 atom stereocenters. The molecule has 1 unspecified atom stereocenters. The second kappa shape index (κ2) is 12.3. The lowest BCUT2D eigenvalue weighted by Gasteiger charge is -2.25. The highest BCUT2D eigenvalue weighted by atomic mass is 32.2. The fourth-order valence-electron chi connectivity index (χ4n) is 3.57. The van der Waals surface area contributed by atoms with E-state index in [0.29, 0.717) is 5.56 Å². The standard InChI is InChI=1S/C26H23F6N3O4S/c1-26(2,3)15-7-4-13(5-8-15)12-35(17-9-6-14(10-16(17)27)25(37)34-38)18(36)11-33-40(39)24-22(31)20(29)19(28)21(30)23(24)32/h4-10,33,38H,11-12H2,1-3H3,(H,34,37). The molecule has 0 saturated heterocycles. The van der Waals surface area contributed by atoms with Gasteiger partial charge in [0, 0.05) is 5.56 Å². The summed E-state index contributed by atoms with van der Waals surface area (Å²) in [6.45, 7) is 4.70. The van der Waals surface area contributed by atoms with Gasteiger partial charge in [0.2, 0.25) is 35.0 Å². The summed E-state index contributed by atoms with van der Waals surface area (Å²) in [6.07, 6.45) is 0. The van der Waals surface area contributed by atoms with Crippen molar-refractivity contribution in [3.8, 4) is 0 Å². The lowest BCUT2D eigenvalue weighted by atomic mass is 9.87. The maximum atomic E-state index is 15.0. The molecule has 0 saturated carbocycles. The Morgan fingerprint density at radius 3 is 1.95 bits per heavy atom. The van der Waals surface area contributed by atoms with Crippen LogP contribution in [-0.4, -0.2) is 28.1 Å². The molecule has 214 valence electrons. The van der Waals surface area contributed by atoms with Crippen LogP contribution in [0.4, 0.5) is 32.0 Å². The first-order valence-corrected chi connectivity index (χ1v) is 12.6. The minimum atomic E-state index is -3.07. The molecule has 0 bridgehead atoms. The summed E-state index contributed by atoms with van der Waals surface area (Å²) in [4.78, 5) is 24.0. The van der Waals surface area contributed by atoms with Gasteiger partial charge in [-0.2, -0.15) is 8.78 Å². The van der Waals surface area contributed by atoms with Crippen LogP contribution in [0.25, 0.3) is 0 Å². The van der Waals surface area contributed by atoms with E-state index >= 15 is 4.39 Å². The summed E-state index contributed by atoms with van der Waals surface area (Å²) >= 11 is -3.07. The maximum absolute atomic E-state index is 15.0. The molecule has 0 radical (unpaired) electrons. The molecule has 0 aromatic heterocycles. The number of anilines is 1. The molecule has 3 rings (SSSR count). The second-order valence-corrected chi connectivity index (χ2v) is 10.8. The van der Waals surface area contributed by atoms with E-state index in [1.807, 2.05) is 25.5 Å². The third-order valence-electron chi connectivity index (χ3n) is 5.77. The number of amides is 2. The predicted octanol–water partition coefficient (Wildman–Crippen LogP) is 4.78. The fraction of sp³-hybridized carbons (Fsp3) is 0.231. The SMILES string of the molecule is CC(C)(C)c1ccc(CN(C(=O)CN[S+]([O-])c2c(F)c(F)c(F)c(F)c2F)c2ccc(C(=O)NO)cc2F)cc1. The van der Waals surface area contributed by atoms with Crippen LogP contribution in [-0.2, 0) is 28.1 Å². The lowest BCUT2D eigenvalue weighted by molar-refractivity contribution is -0.117. The third kappa shape index (κ3) is 6.58. The van der Waals surface area contributed by atoms with E-state index in [0.717, 1.165) is 28.7 Å². The number of nitrogens with one attached hydrogen (secondary N) is 2. The Kier molecular flexibility index (Phi) is 9.51. The highest BCUT2D eigenvalue weighted by molar-refractivity contribution is 7.89. The second-order valence-electron chi connectivity index (χ2n) is 9.52. The van der Waals surface area contributed by atoms with Gasteiger partial charge in [0.05, 0.1) is 23.6 Å². The van der Waals surface area contributed by atoms with Crippen LogP contribution >= 0.6 is 0 Å². The smallest absolute Gasteiger partial charge is 0.274 e. The molecule has 0 aliphatic carbocycles. The van der Waals surface area contributed by atoms with Gasteiger partial charge in [-0.05, 0) is 34.7 Å². The Hall–Kier alpha value is -3.59. The molecule has 7 nitrogen and oxygen atoms in total. The number of benzene rings is 3. The molecule has 0 fully saturated rings. The molecule has 0 aliphatic rings. The van der Waals surface area contributed by atoms with Gasteiger partial charge in [-0.3, -0.25) is 14.8 Å². The van der Waals surface area contributed by atoms with E-state index in [1.54, 1.807) is 24.3 Å². The molecular weight excluding hydrogens is 564 g/mol. The van der Waals surface area contributed by atoms with Crippen molar-refractivity contribution in [1.29, 1.82) is 0 Å². The van der Waals surface area contributed by atoms with Crippen molar-refractivity contribution >= 4 is 28.9 Å². The zero-order valence-electron chi connectivity index (χ0n) is 21.3. The molecule has 3 N–H and O–H groups in total. The van der Waals surface area contributed by atoms with Gasteiger partial charge in [-0.1, -0.05) is 45.0 Å². The number of carbonyl (C=O) groups excluding carboxylic acids is 2. The number of halogens is 6. The third-order valence-corrected chi connectivity index (χ3v) is 6.91. The van der Waals surface area contributed by atoms with Gasteiger partial charge >= 0.3 is 0 Å². The van der Waals surface area contributed by atoms with Crippen LogP contribution in [0, 0.1) is 34.9 Å². The molecule has 14 heteroatoms.